The first-order chi connectivity index (χ1) is 13.6. The molecule has 0 saturated heterocycles. The second-order valence-corrected chi connectivity index (χ2v) is 8.76. The van der Waals surface area contributed by atoms with Crippen LogP contribution in [0.5, 0.6) is 0 Å². The Hall–Kier alpha value is -2.61. The molecule has 6 bridgehead atoms. The number of primary amides is 1. The van der Waals surface area contributed by atoms with E-state index in [0.717, 1.165) is 30.3 Å². The minimum atomic E-state index is -0.540. The van der Waals surface area contributed by atoms with E-state index in [0.29, 0.717) is 11.2 Å². The number of nitrogens with two attached hydrogens (primary N) is 1. The molecule has 2 fully saturated rings. The van der Waals surface area contributed by atoms with Gasteiger partial charge in [-0.1, -0.05) is 12.1 Å². The number of nitrogens with one attached hydrogen (secondary N) is 2. The molecule has 1 aromatic carbocycles. The number of hydrogen-bond donors (Lipinski definition) is 3. The maximum absolute atomic E-state index is 14.4. The Morgan fingerprint density at radius 2 is 2.21 bits per heavy atom. The fourth-order valence-electron chi connectivity index (χ4n) is 4.82. The quantitative estimate of drug-likeness (QED) is 0.683. The number of amides is 1. The van der Waals surface area contributed by atoms with Crippen LogP contribution in [0.1, 0.15) is 18.4 Å². The van der Waals surface area contributed by atoms with Gasteiger partial charge in [0.25, 0.3) is 0 Å². The van der Waals surface area contributed by atoms with Crippen molar-refractivity contribution in [3.63, 3.8) is 0 Å². The highest BCUT2D eigenvalue weighted by atomic mass is 32.2. The van der Waals surface area contributed by atoms with Gasteiger partial charge in [0, 0.05) is 17.0 Å². The molecule has 3 aliphatic rings. The predicted molar refractivity (Wildman–Crippen MR) is 108 cm³/mol. The zero-order chi connectivity index (χ0) is 19.3. The van der Waals surface area contributed by atoms with Crippen LogP contribution >= 0.6 is 11.8 Å². The van der Waals surface area contributed by atoms with Crippen LogP contribution in [0.15, 0.2) is 35.9 Å². The number of carbonyl (C=O) groups is 1. The number of thioether (sulfide) groups is 1. The highest BCUT2D eigenvalue weighted by Crippen LogP contribution is 2.53. The predicted octanol–water partition coefficient (Wildman–Crippen LogP) is 3.37. The Morgan fingerprint density at radius 1 is 1.32 bits per heavy atom. The van der Waals surface area contributed by atoms with E-state index in [9.17, 15) is 9.18 Å². The second kappa shape index (κ2) is 6.77. The summed E-state index contributed by atoms with van der Waals surface area (Å²) >= 11 is 1.78. The van der Waals surface area contributed by atoms with Crippen LogP contribution in [0.2, 0.25) is 0 Å². The third-order valence-corrected chi connectivity index (χ3v) is 7.16. The molecule has 8 heteroatoms. The lowest BCUT2D eigenvalue weighted by atomic mass is 9.83. The molecule has 2 heterocycles. The number of aromatic nitrogens is 2. The lowest BCUT2D eigenvalue weighted by molar-refractivity contribution is -0.123. The molecule has 6 nitrogen and oxygen atoms in total. The molecule has 1 amide bonds. The molecule has 28 heavy (non-hydrogen) atoms. The molecule has 5 rings (SSSR count). The molecule has 2 aromatic rings. The van der Waals surface area contributed by atoms with Crippen LogP contribution in [0.4, 0.5) is 21.8 Å². The van der Waals surface area contributed by atoms with Gasteiger partial charge in [0.2, 0.25) is 11.9 Å². The van der Waals surface area contributed by atoms with Gasteiger partial charge in [0.15, 0.2) is 11.6 Å². The summed E-state index contributed by atoms with van der Waals surface area (Å²) < 4.78 is 14.4. The minimum absolute atomic E-state index is 0.105. The van der Waals surface area contributed by atoms with Crippen molar-refractivity contribution in [1.82, 2.24) is 9.97 Å². The van der Waals surface area contributed by atoms with Gasteiger partial charge in [-0.2, -0.15) is 4.98 Å². The smallest absolute Gasteiger partial charge is 0.229 e. The third kappa shape index (κ3) is 3.01. The van der Waals surface area contributed by atoms with Crippen LogP contribution in [-0.4, -0.2) is 27.2 Å². The summed E-state index contributed by atoms with van der Waals surface area (Å²) in [6, 6.07) is 7.66. The summed E-state index contributed by atoms with van der Waals surface area (Å²) in [6.45, 7) is 0. The first-order valence-corrected chi connectivity index (χ1v) is 10.3. The summed E-state index contributed by atoms with van der Waals surface area (Å²) in [7, 11) is 0. The fourth-order valence-corrected chi connectivity index (χ4v) is 6.10. The number of halogens is 1. The molecule has 144 valence electrons. The van der Waals surface area contributed by atoms with Gasteiger partial charge in [-0.15, -0.1) is 11.8 Å². The number of rotatable bonds is 1. The van der Waals surface area contributed by atoms with Gasteiger partial charge in [-0.05, 0) is 53.9 Å². The molecule has 4 N–H and O–H groups in total. The molecule has 5 unspecified atom stereocenters. The normalized spacial score (nSPS) is 30.2. The van der Waals surface area contributed by atoms with Crippen LogP contribution in [0.3, 0.4) is 0 Å². The molecular formula is C20H20FN5OS. The third-order valence-electron chi connectivity index (χ3n) is 5.98. The number of nitrogens with zero attached hydrogens (tertiary/aromatic N) is 2. The fraction of sp³-hybridized carbons (Fsp3) is 0.350. The van der Waals surface area contributed by atoms with Gasteiger partial charge in [0.1, 0.15) is 0 Å². The molecular weight excluding hydrogens is 377 g/mol. The van der Waals surface area contributed by atoms with Crippen molar-refractivity contribution in [1.29, 1.82) is 0 Å². The average molecular weight is 397 g/mol. The number of carbonyl (C=O) groups excluding carboxylic acids is 1. The lowest BCUT2D eigenvalue weighted by Crippen LogP contribution is -2.46. The first-order valence-electron chi connectivity index (χ1n) is 9.36. The minimum Gasteiger partial charge on any atom is -0.369 e. The molecule has 1 aliphatic heterocycles. The van der Waals surface area contributed by atoms with Crippen molar-refractivity contribution in [3.05, 3.63) is 47.3 Å². The van der Waals surface area contributed by atoms with Gasteiger partial charge >= 0.3 is 0 Å². The topological polar surface area (TPSA) is 92.9 Å². The van der Waals surface area contributed by atoms with Gasteiger partial charge in [-0.25, -0.2) is 9.37 Å². The van der Waals surface area contributed by atoms with Crippen molar-refractivity contribution in [2.24, 2.45) is 23.5 Å². The zero-order valence-electron chi connectivity index (χ0n) is 15.0. The van der Waals surface area contributed by atoms with Crippen molar-refractivity contribution >= 4 is 41.2 Å². The van der Waals surface area contributed by atoms with Crippen LogP contribution < -0.4 is 16.4 Å². The van der Waals surface area contributed by atoms with E-state index in [-0.39, 0.29) is 35.5 Å². The SMILES string of the molecule is NC(=O)C1C2CC3SC=Cc4cccc(c4)Nc4ncc(F)c(n4)NC1C3C2. The lowest BCUT2D eigenvalue weighted by Gasteiger charge is -2.34. The number of fused-ring (bicyclic) bond motifs is 5. The van der Waals surface area contributed by atoms with E-state index in [1.807, 2.05) is 24.3 Å². The summed E-state index contributed by atoms with van der Waals surface area (Å²) in [5.74, 6) is -0.311. The van der Waals surface area contributed by atoms with Crippen molar-refractivity contribution in [2.75, 3.05) is 10.6 Å². The summed E-state index contributed by atoms with van der Waals surface area (Å²) in [6.07, 6.45) is 5.10. The van der Waals surface area contributed by atoms with Gasteiger partial charge in [0.05, 0.1) is 12.1 Å². The second-order valence-electron chi connectivity index (χ2n) is 7.61. The van der Waals surface area contributed by atoms with E-state index < -0.39 is 5.82 Å². The van der Waals surface area contributed by atoms with Crippen LogP contribution in [0.25, 0.3) is 6.08 Å². The molecule has 1 aromatic heterocycles. The number of hydrogen-bond acceptors (Lipinski definition) is 6. The molecule has 5 atom stereocenters. The number of benzene rings is 1. The molecule has 0 spiro atoms. The van der Waals surface area contributed by atoms with E-state index in [4.69, 9.17) is 5.73 Å². The Balaban J connectivity index is 1.57. The van der Waals surface area contributed by atoms with E-state index in [2.05, 4.69) is 32.1 Å². The molecule has 2 saturated carbocycles. The van der Waals surface area contributed by atoms with Gasteiger partial charge < -0.3 is 16.4 Å². The van der Waals surface area contributed by atoms with Crippen LogP contribution in [-0.2, 0) is 4.79 Å². The highest BCUT2D eigenvalue weighted by Gasteiger charge is 2.55. The van der Waals surface area contributed by atoms with Crippen molar-refractivity contribution in [2.45, 2.75) is 24.1 Å². The molecule has 2 aliphatic carbocycles. The van der Waals surface area contributed by atoms with E-state index in [1.54, 1.807) is 11.8 Å². The maximum atomic E-state index is 14.4. The Labute approximate surface area is 166 Å². The highest BCUT2D eigenvalue weighted by molar-refractivity contribution is 8.02. The summed E-state index contributed by atoms with van der Waals surface area (Å²) in [4.78, 5) is 20.5. The Kier molecular flexibility index (Phi) is 4.23. The van der Waals surface area contributed by atoms with E-state index >= 15 is 0 Å². The first kappa shape index (κ1) is 17.5. The standard InChI is InChI=1S/C20H20FN5OS/c21-14-9-23-20-24-12-3-1-2-10(6-12)4-5-28-15-8-11-7-13(15)17(16(11)18(22)27)25-19(14)26-20/h1-6,9,11,13,15-17H,7-8H2,(H2,22,27)(H2,23,24,25,26). The maximum Gasteiger partial charge on any atom is 0.229 e. The largest absolute Gasteiger partial charge is 0.369 e. The Morgan fingerprint density at radius 3 is 3.07 bits per heavy atom. The average Bonchev–Trinajstić information content (AvgIpc) is 3.22. The Bertz CT molecular complexity index is 967. The van der Waals surface area contributed by atoms with Crippen LogP contribution in [0, 0.1) is 23.6 Å². The summed E-state index contributed by atoms with van der Waals surface area (Å²) in [5, 5.41) is 8.79. The number of anilines is 3. The zero-order valence-corrected chi connectivity index (χ0v) is 15.8. The monoisotopic (exact) mass is 397 g/mol. The van der Waals surface area contributed by atoms with Crippen molar-refractivity contribution < 1.29 is 9.18 Å². The van der Waals surface area contributed by atoms with E-state index in [1.165, 1.54) is 0 Å². The summed E-state index contributed by atoms with van der Waals surface area (Å²) in [5.41, 5.74) is 7.58. The molecule has 0 radical (unpaired) electrons. The van der Waals surface area contributed by atoms with Crippen molar-refractivity contribution in [3.8, 4) is 0 Å². The van der Waals surface area contributed by atoms with Gasteiger partial charge in [-0.3, -0.25) is 4.79 Å².